The lowest BCUT2D eigenvalue weighted by Gasteiger charge is -2.17. The van der Waals surface area contributed by atoms with Crippen molar-refractivity contribution in [2.75, 3.05) is 6.54 Å². The Morgan fingerprint density at radius 1 is 1.54 bits per heavy atom. The lowest BCUT2D eigenvalue weighted by molar-refractivity contribution is -0.178. The molecule has 3 N–H and O–H groups in total. The molecule has 0 aromatic carbocycles. The molecule has 0 unspecified atom stereocenters. The summed E-state index contributed by atoms with van der Waals surface area (Å²) in [6, 6.07) is 0. The van der Waals surface area contributed by atoms with E-state index >= 15 is 0 Å². The van der Waals surface area contributed by atoms with Crippen LogP contribution in [0.1, 0.15) is 25.7 Å². The minimum absolute atomic E-state index is 0.154. The first-order chi connectivity index (χ1) is 6.20. The fourth-order valence-electron chi connectivity index (χ4n) is 1.53. The quantitative estimate of drug-likeness (QED) is 0.422. The number of nitrogens with one attached hydrogen (secondary N) is 1. The number of carboxylic acid groups (broad SMARTS) is 1. The fourth-order valence-corrected chi connectivity index (χ4v) is 1.53. The molecule has 1 rings (SSSR count). The van der Waals surface area contributed by atoms with Crippen LogP contribution >= 0.6 is 0 Å². The van der Waals surface area contributed by atoms with E-state index in [1.807, 2.05) is 0 Å². The third-order valence-electron chi connectivity index (χ3n) is 2.23. The Kier molecular flexibility index (Phi) is 4.14. The summed E-state index contributed by atoms with van der Waals surface area (Å²) in [5, 5.41) is 17.7. The summed E-state index contributed by atoms with van der Waals surface area (Å²) in [6.45, 7) is -0.288. The van der Waals surface area contributed by atoms with E-state index in [1.54, 1.807) is 0 Å². The second-order valence-corrected chi connectivity index (χ2v) is 3.27. The largest absolute Gasteiger partial charge is 0.480 e. The molecule has 0 aromatic rings. The van der Waals surface area contributed by atoms with Crippen molar-refractivity contribution < 1.29 is 19.8 Å². The van der Waals surface area contributed by atoms with Crippen molar-refractivity contribution in [1.82, 2.24) is 5.48 Å². The van der Waals surface area contributed by atoms with Crippen LogP contribution in [-0.4, -0.2) is 29.0 Å². The normalized spacial score (nSPS) is 20.4. The molecular formula is C8H15NO4. The number of aliphatic hydroxyl groups excluding tert-OH is 1. The third kappa shape index (κ3) is 3.71. The molecule has 13 heavy (non-hydrogen) atoms. The number of carbonyl (C=O) groups is 1. The number of aliphatic hydroxyl groups is 1. The number of rotatable bonds is 5. The average Bonchev–Trinajstić information content (AvgIpc) is 2.55. The molecule has 1 saturated carbocycles. The highest BCUT2D eigenvalue weighted by atomic mass is 16.7. The van der Waals surface area contributed by atoms with Crippen LogP contribution in [0.25, 0.3) is 0 Å². The van der Waals surface area contributed by atoms with E-state index < -0.39 is 12.3 Å². The Morgan fingerprint density at radius 3 is 2.69 bits per heavy atom. The van der Waals surface area contributed by atoms with Crippen LogP contribution in [0.5, 0.6) is 0 Å². The van der Waals surface area contributed by atoms with Gasteiger partial charge in [0.1, 0.15) is 6.54 Å². The van der Waals surface area contributed by atoms with Crippen molar-refractivity contribution in [1.29, 1.82) is 0 Å². The van der Waals surface area contributed by atoms with Gasteiger partial charge in [-0.25, -0.2) is 0 Å². The van der Waals surface area contributed by atoms with Crippen LogP contribution in [0, 0.1) is 5.92 Å². The highest BCUT2D eigenvalue weighted by Crippen LogP contribution is 2.27. The van der Waals surface area contributed by atoms with Gasteiger partial charge in [0.25, 0.3) is 0 Å². The SMILES string of the molecule is O=C(O)CNO[C@H](O)C1CCCC1. The van der Waals surface area contributed by atoms with Crippen LogP contribution in [0.2, 0.25) is 0 Å². The van der Waals surface area contributed by atoms with Crippen LogP contribution in [0.15, 0.2) is 0 Å². The van der Waals surface area contributed by atoms with Gasteiger partial charge < -0.3 is 10.2 Å². The van der Waals surface area contributed by atoms with Gasteiger partial charge >= 0.3 is 5.97 Å². The van der Waals surface area contributed by atoms with Crippen LogP contribution in [-0.2, 0) is 9.63 Å². The smallest absolute Gasteiger partial charge is 0.319 e. The van der Waals surface area contributed by atoms with E-state index in [2.05, 4.69) is 5.48 Å². The topological polar surface area (TPSA) is 78.8 Å². The average molecular weight is 189 g/mol. The monoisotopic (exact) mass is 189 g/mol. The summed E-state index contributed by atoms with van der Waals surface area (Å²) in [5.41, 5.74) is 2.21. The summed E-state index contributed by atoms with van der Waals surface area (Å²) < 4.78 is 0. The zero-order chi connectivity index (χ0) is 9.68. The molecule has 0 amide bonds. The summed E-state index contributed by atoms with van der Waals surface area (Å²) in [4.78, 5) is 14.8. The molecule has 1 atom stereocenters. The summed E-state index contributed by atoms with van der Waals surface area (Å²) in [7, 11) is 0. The van der Waals surface area contributed by atoms with E-state index in [0.29, 0.717) is 0 Å². The Hall–Kier alpha value is -0.650. The number of carboxylic acids is 1. The van der Waals surface area contributed by atoms with Gasteiger partial charge in [-0.05, 0) is 12.8 Å². The number of hydrogen-bond donors (Lipinski definition) is 3. The molecule has 5 heteroatoms. The van der Waals surface area contributed by atoms with Crippen LogP contribution in [0.3, 0.4) is 0 Å². The Bertz CT molecular complexity index is 168. The predicted octanol–water partition coefficient (Wildman–Crippen LogP) is 0.101. The highest BCUT2D eigenvalue weighted by molar-refractivity contribution is 5.68. The molecule has 1 aliphatic carbocycles. The number of hydrogen-bond acceptors (Lipinski definition) is 4. The maximum atomic E-state index is 10.1. The van der Waals surface area contributed by atoms with E-state index in [0.717, 1.165) is 25.7 Å². The second-order valence-electron chi connectivity index (χ2n) is 3.27. The van der Waals surface area contributed by atoms with Crippen molar-refractivity contribution in [3.05, 3.63) is 0 Å². The van der Waals surface area contributed by atoms with Crippen molar-refractivity contribution in [3.8, 4) is 0 Å². The molecule has 0 bridgehead atoms. The van der Waals surface area contributed by atoms with Crippen LogP contribution < -0.4 is 5.48 Å². The molecule has 76 valence electrons. The molecule has 0 spiro atoms. The van der Waals surface area contributed by atoms with Gasteiger partial charge in [-0.2, -0.15) is 5.48 Å². The summed E-state index contributed by atoms with van der Waals surface area (Å²) >= 11 is 0. The van der Waals surface area contributed by atoms with Crippen molar-refractivity contribution >= 4 is 5.97 Å². The number of hydroxylamine groups is 1. The zero-order valence-corrected chi connectivity index (χ0v) is 7.40. The Balaban J connectivity index is 2.09. The molecule has 0 radical (unpaired) electrons. The molecule has 1 aliphatic rings. The molecule has 0 saturated heterocycles. The molecular weight excluding hydrogens is 174 g/mol. The van der Waals surface area contributed by atoms with E-state index in [1.165, 1.54) is 0 Å². The molecule has 5 nitrogen and oxygen atoms in total. The second kappa shape index (κ2) is 5.16. The molecule has 0 aliphatic heterocycles. The molecule has 0 heterocycles. The van der Waals surface area contributed by atoms with E-state index in [9.17, 15) is 9.90 Å². The minimum atomic E-state index is -1.00. The first-order valence-electron chi connectivity index (χ1n) is 4.48. The van der Waals surface area contributed by atoms with Gasteiger partial charge in [0, 0.05) is 5.92 Å². The maximum Gasteiger partial charge on any atom is 0.319 e. The first kappa shape index (κ1) is 10.4. The third-order valence-corrected chi connectivity index (χ3v) is 2.23. The Labute approximate surface area is 76.7 Å². The lowest BCUT2D eigenvalue weighted by Crippen LogP contribution is -2.32. The molecule has 0 aromatic heterocycles. The van der Waals surface area contributed by atoms with Gasteiger partial charge in [0.05, 0.1) is 0 Å². The minimum Gasteiger partial charge on any atom is -0.480 e. The van der Waals surface area contributed by atoms with E-state index in [-0.39, 0.29) is 12.5 Å². The standard InChI is InChI=1S/C8H15NO4/c10-7(11)5-9-13-8(12)6-3-1-2-4-6/h6,8-9,12H,1-5H2,(H,10,11)/t8-/m0/s1. The lowest BCUT2D eigenvalue weighted by atomic mass is 10.1. The van der Waals surface area contributed by atoms with Crippen LogP contribution in [0.4, 0.5) is 0 Å². The summed E-state index contributed by atoms with van der Waals surface area (Å²) in [5.74, 6) is -0.847. The van der Waals surface area contributed by atoms with Gasteiger partial charge in [-0.15, -0.1) is 0 Å². The predicted molar refractivity (Wildman–Crippen MR) is 44.7 cm³/mol. The van der Waals surface area contributed by atoms with Gasteiger partial charge in [0.2, 0.25) is 0 Å². The van der Waals surface area contributed by atoms with E-state index in [4.69, 9.17) is 9.94 Å². The first-order valence-corrected chi connectivity index (χ1v) is 4.48. The van der Waals surface area contributed by atoms with Gasteiger partial charge in [0.15, 0.2) is 6.29 Å². The van der Waals surface area contributed by atoms with Gasteiger partial charge in [-0.3, -0.25) is 9.63 Å². The summed E-state index contributed by atoms with van der Waals surface area (Å²) in [6.07, 6.45) is 3.27. The number of aliphatic carboxylic acids is 1. The highest BCUT2D eigenvalue weighted by Gasteiger charge is 2.23. The van der Waals surface area contributed by atoms with Crippen molar-refractivity contribution in [3.63, 3.8) is 0 Å². The zero-order valence-electron chi connectivity index (χ0n) is 7.40. The Morgan fingerprint density at radius 2 is 2.15 bits per heavy atom. The maximum absolute atomic E-state index is 10.1. The fraction of sp³-hybridized carbons (Fsp3) is 0.875. The van der Waals surface area contributed by atoms with Crippen molar-refractivity contribution in [2.45, 2.75) is 32.0 Å². The molecule has 1 fully saturated rings. The van der Waals surface area contributed by atoms with Gasteiger partial charge in [-0.1, -0.05) is 12.8 Å². The van der Waals surface area contributed by atoms with Crippen molar-refractivity contribution in [2.24, 2.45) is 5.92 Å².